The van der Waals surface area contributed by atoms with Gasteiger partial charge in [0, 0.05) is 12.1 Å². The van der Waals surface area contributed by atoms with Crippen LogP contribution in [-0.2, 0) is 0 Å². The highest BCUT2D eigenvalue weighted by Gasteiger charge is 2.17. The van der Waals surface area contributed by atoms with E-state index in [4.69, 9.17) is 4.99 Å². The number of para-hydroxylation sites is 2. The molecule has 5 nitrogen and oxygen atoms in total. The number of fused-ring (bicyclic) bond motifs is 1. The first-order valence-corrected chi connectivity index (χ1v) is 9.33. The number of rotatable bonds is 4. The van der Waals surface area contributed by atoms with E-state index < -0.39 is 5.97 Å². The van der Waals surface area contributed by atoms with E-state index in [-0.39, 0.29) is 12.1 Å². The van der Waals surface area contributed by atoms with Crippen molar-refractivity contribution >= 4 is 22.7 Å². The van der Waals surface area contributed by atoms with Gasteiger partial charge in [-0.2, -0.15) is 0 Å². The number of carboxylic acid groups (broad SMARTS) is 1. The van der Waals surface area contributed by atoms with Crippen molar-refractivity contribution in [2.45, 2.75) is 53.6 Å². The van der Waals surface area contributed by atoms with E-state index in [1.807, 2.05) is 26.0 Å². The number of hydrogen-bond acceptors (Lipinski definition) is 2. The predicted molar refractivity (Wildman–Crippen MR) is 109 cm³/mol. The fraction of sp³-hybridized carbons (Fsp3) is 0.364. The zero-order valence-electron chi connectivity index (χ0n) is 16.8. The number of imidazole rings is 1. The van der Waals surface area contributed by atoms with Crippen molar-refractivity contribution in [2.24, 2.45) is 4.99 Å². The summed E-state index contributed by atoms with van der Waals surface area (Å²) in [6.45, 7) is 12.5. The summed E-state index contributed by atoms with van der Waals surface area (Å²) < 4.78 is 4.50. The molecule has 1 N–H and O–H groups in total. The number of hydrogen-bond donors (Lipinski definition) is 1. The van der Waals surface area contributed by atoms with Gasteiger partial charge in [0.05, 0.1) is 22.3 Å². The lowest BCUT2D eigenvalue weighted by Gasteiger charge is -2.13. The number of nitrogens with zero attached hydrogens (tertiary/aromatic N) is 3. The molecule has 1 aromatic heterocycles. The minimum Gasteiger partial charge on any atom is -0.478 e. The van der Waals surface area contributed by atoms with E-state index in [0.29, 0.717) is 5.56 Å². The monoisotopic (exact) mass is 365 g/mol. The summed E-state index contributed by atoms with van der Waals surface area (Å²) in [6, 6.07) is 12.2. The predicted octanol–water partition coefficient (Wildman–Crippen LogP) is 5.15. The van der Waals surface area contributed by atoms with Crippen LogP contribution in [0.2, 0.25) is 0 Å². The summed E-state index contributed by atoms with van der Waals surface area (Å²) >= 11 is 0. The number of aromatic nitrogens is 2. The highest BCUT2D eigenvalue weighted by Crippen LogP contribution is 2.26. The van der Waals surface area contributed by atoms with Crippen LogP contribution in [0.5, 0.6) is 0 Å². The molecule has 0 saturated carbocycles. The molecule has 0 amide bonds. The second-order valence-electron chi connectivity index (χ2n) is 7.59. The second-order valence-corrected chi connectivity index (χ2v) is 7.59. The van der Waals surface area contributed by atoms with Gasteiger partial charge in [0.2, 0.25) is 5.62 Å². The summed E-state index contributed by atoms with van der Waals surface area (Å²) in [5, 5.41) is 9.30. The highest BCUT2D eigenvalue weighted by molar-refractivity contribution is 5.89. The first kappa shape index (κ1) is 19.0. The van der Waals surface area contributed by atoms with Crippen LogP contribution in [0.15, 0.2) is 41.4 Å². The molecule has 3 rings (SSSR count). The highest BCUT2D eigenvalue weighted by atomic mass is 16.4. The van der Waals surface area contributed by atoms with E-state index >= 15 is 0 Å². The van der Waals surface area contributed by atoms with Crippen molar-refractivity contribution in [3.8, 4) is 0 Å². The Balaban J connectivity index is 2.43. The van der Waals surface area contributed by atoms with E-state index in [1.165, 1.54) is 0 Å². The average Bonchev–Trinajstić information content (AvgIpc) is 2.91. The zero-order chi connectivity index (χ0) is 19.9. The first-order chi connectivity index (χ1) is 12.7. The quantitative estimate of drug-likeness (QED) is 0.695. The molecule has 3 aromatic rings. The number of carboxylic acids is 1. The third-order valence-corrected chi connectivity index (χ3v) is 4.81. The molecule has 2 aromatic carbocycles. The van der Waals surface area contributed by atoms with Gasteiger partial charge < -0.3 is 14.2 Å². The number of aromatic carboxylic acids is 1. The summed E-state index contributed by atoms with van der Waals surface area (Å²) in [5.41, 5.74) is 6.04. The number of benzene rings is 2. The molecule has 0 aliphatic carbocycles. The van der Waals surface area contributed by atoms with Gasteiger partial charge >= 0.3 is 5.97 Å². The van der Waals surface area contributed by atoms with Crippen molar-refractivity contribution in [3.63, 3.8) is 0 Å². The van der Waals surface area contributed by atoms with E-state index in [0.717, 1.165) is 33.5 Å². The van der Waals surface area contributed by atoms with Gasteiger partial charge in [0.25, 0.3) is 0 Å². The van der Waals surface area contributed by atoms with Gasteiger partial charge in [0.15, 0.2) is 0 Å². The van der Waals surface area contributed by atoms with Crippen molar-refractivity contribution in [1.82, 2.24) is 9.13 Å². The Morgan fingerprint density at radius 1 is 0.926 bits per heavy atom. The molecule has 1 heterocycles. The number of carbonyl (C=O) groups is 1. The molecule has 0 aliphatic rings. The summed E-state index contributed by atoms with van der Waals surface area (Å²) in [6.07, 6.45) is 0. The fourth-order valence-corrected chi connectivity index (χ4v) is 3.68. The van der Waals surface area contributed by atoms with E-state index in [1.54, 1.807) is 12.1 Å². The van der Waals surface area contributed by atoms with Crippen molar-refractivity contribution in [2.75, 3.05) is 0 Å². The van der Waals surface area contributed by atoms with Gasteiger partial charge in [-0.25, -0.2) is 9.79 Å². The lowest BCUT2D eigenvalue weighted by molar-refractivity contribution is 0.0696. The van der Waals surface area contributed by atoms with Crippen molar-refractivity contribution in [1.29, 1.82) is 0 Å². The van der Waals surface area contributed by atoms with Crippen LogP contribution >= 0.6 is 0 Å². The summed E-state index contributed by atoms with van der Waals surface area (Å²) in [5.74, 6) is -0.915. The van der Waals surface area contributed by atoms with Crippen molar-refractivity contribution < 1.29 is 9.90 Å². The molecule has 27 heavy (non-hydrogen) atoms. The molecular weight excluding hydrogens is 338 g/mol. The Hall–Kier alpha value is -2.82. The number of aryl methyl sites for hydroxylation is 2. The molecule has 0 atom stereocenters. The Labute approximate surface area is 159 Å². The third kappa shape index (κ3) is 3.29. The third-order valence-electron chi connectivity index (χ3n) is 4.81. The van der Waals surface area contributed by atoms with Crippen LogP contribution in [0.25, 0.3) is 11.0 Å². The Kier molecular flexibility index (Phi) is 4.96. The Morgan fingerprint density at radius 2 is 1.37 bits per heavy atom. The molecule has 0 fully saturated rings. The summed E-state index contributed by atoms with van der Waals surface area (Å²) in [4.78, 5) is 16.4. The second kappa shape index (κ2) is 7.06. The molecule has 0 bridgehead atoms. The largest absolute Gasteiger partial charge is 0.478 e. The average molecular weight is 365 g/mol. The van der Waals surface area contributed by atoms with E-state index in [9.17, 15) is 9.90 Å². The van der Waals surface area contributed by atoms with Crippen LogP contribution in [0.1, 0.15) is 61.3 Å². The molecule has 0 unspecified atom stereocenters. The lowest BCUT2D eigenvalue weighted by atomic mass is 10.0. The Bertz CT molecular complexity index is 1010. The first-order valence-electron chi connectivity index (χ1n) is 9.33. The standard InChI is InChI=1S/C22H27N3O2/c1-13(2)24-18-9-7-8-10-19(18)25(14(3)4)22(24)23-20-15(5)11-17(21(26)27)12-16(20)6/h7-14H,1-6H3,(H,26,27). The molecule has 5 heteroatoms. The topological polar surface area (TPSA) is 59.5 Å². The zero-order valence-corrected chi connectivity index (χ0v) is 16.8. The molecular formula is C22H27N3O2. The smallest absolute Gasteiger partial charge is 0.335 e. The van der Waals surface area contributed by atoms with Gasteiger partial charge in [-0.05, 0) is 76.9 Å². The Morgan fingerprint density at radius 3 is 1.74 bits per heavy atom. The lowest BCUT2D eigenvalue weighted by Crippen LogP contribution is -2.28. The van der Waals surface area contributed by atoms with Gasteiger partial charge in [0.1, 0.15) is 0 Å². The van der Waals surface area contributed by atoms with E-state index in [2.05, 4.69) is 49.0 Å². The van der Waals surface area contributed by atoms with Gasteiger partial charge in [-0.3, -0.25) is 0 Å². The van der Waals surface area contributed by atoms with Crippen LogP contribution in [-0.4, -0.2) is 20.2 Å². The summed E-state index contributed by atoms with van der Waals surface area (Å²) in [7, 11) is 0. The molecule has 0 aliphatic heterocycles. The van der Waals surface area contributed by atoms with Crippen LogP contribution in [0.3, 0.4) is 0 Å². The fourth-order valence-electron chi connectivity index (χ4n) is 3.68. The molecule has 0 spiro atoms. The molecule has 0 saturated heterocycles. The van der Waals surface area contributed by atoms with Crippen LogP contribution < -0.4 is 5.62 Å². The van der Waals surface area contributed by atoms with Crippen molar-refractivity contribution in [3.05, 3.63) is 58.7 Å². The maximum Gasteiger partial charge on any atom is 0.335 e. The van der Waals surface area contributed by atoms with Crippen LogP contribution in [0, 0.1) is 13.8 Å². The maximum atomic E-state index is 11.3. The van der Waals surface area contributed by atoms with Crippen LogP contribution in [0.4, 0.5) is 5.69 Å². The van der Waals surface area contributed by atoms with Gasteiger partial charge in [-0.1, -0.05) is 12.1 Å². The normalized spacial score (nSPS) is 11.6. The molecule has 0 radical (unpaired) electrons. The molecule has 142 valence electrons. The van der Waals surface area contributed by atoms with Gasteiger partial charge in [-0.15, -0.1) is 0 Å². The SMILES string of the molecule is Cc1cc(C(=O)O)cc(C)c1N=c1n(C(C)C)c2ccccc2n1C(C)C. The minimum absolute atomic E-state index is 0.243. The minimum atomic E-state index is -0.915. The maximum absolute atomic E-state index is 11.3.